The molecule has 0 aliphatic carbocycles. The van der Waals surface area contributed by atoms with Gasteiger partial charge in [-0.25, -0.2) is 8.42 Å². The third-order valence-corrected chi connectivity index (χ3v) is 6.04. The molecule has 0 spiro atoms. The molecule has 0 saturated heterocycles. The first-order valence-corrected chi connectivity index (χ1v) is 11.0. The summed E-state index contributed by atoms with van der Waals surface area (Å²) < 4.78 is 37.1. The number of ether oxygens (including phenoxy) is 2. The fraction of sp³-hybridized carbons (Fsp3) is 0.350. The van der Waals surface area contributed by atoms with Gasteiger partial charge in [0, 0.05) is 18.3 Å². The van der Waals surface area contributed by atoms with Crippen LogP contribution in [0.3, 0.4) is 0 Å². The van der Waals surface area contributed by atoms with Gasteiger partial charge in [-0.1, -0.05) is 18.2 Å². The second-order valence-corrected chi connectivity index (χ2v) is 8.78. The number of nitrogens with zero attached hydrogens (tertiary/aromatic N) is 2. The van der Waals surface area contributed by atoms with E-state index >= 15 is 0 Å². The third kappa shape index (κ3) is 3.64. The van der Waals surface area contributed by atoms with Crippen LogP contribution in [-0.2, 0) is 21.2 Å². The third-order valence-electron chi connectivity index (χ3n) is 4.90. The van der Waals surface area contributed by atoms with E-state index in [4.69, 9.17) is 9.47 Å². The van der Waals surface area contributed by atoms with Crippen molar-refractivity contribution < 1.29 is 22.7 Å². The summed E-state index contributed by atoms with van der Waals surface area (Å²) in [6.07, 6.45) is 2.87. The zero-order valence-electron chi connectivity index (χ0n) is 15.6. The van der Waals surface area contributed by atoms with Gasteiger partial charge < -0.3 is 14.4 Å². The van der Waals surface area contributed by atoms with Gasteiger partial charge in [0.15, 0.2) is 11.5 Å². The number of carbonyl (C=O) groups excluding carboxylic acids is 1. The van der Waals surface area contributed by atoms with Gasteiger partial charge in [-0.2, -0.15) is 0 Å². The smallest absolute Gasteiger partial charge is 0.247 e. The molecular formula is C20H22N2O5S. The standard InChI is InChI=1S/C20H22N2O5S/c1-28(24,25)22(16-8-9-18-19(13-16)27-12-11-26-18)14-20(23)21-10-4-6-15-5-2-3-7-17(15)21/h2-3,5,7-9,13H,4,6,10-12,14H2,1H3. The number of amides is 1. The van der Waals surface area contributed by atoms with Crippen molar-refractivity contribution >= 4 is 27.3 Å². The number of hydrogen-bond donors (Lipinski definition) is 0. The Morgan fingerprint density at radius 3 is 2.64 bits per heavy atom. The highest BCUT2D eigenvalue weighted by atomic mass is 32.2. The van der Waals surface area contributed by atoms with Crippen molar-refractivity contribution in [3.63, 3.8) is 0 Å². The summed E-state index contributed by atoms with van der Waals surface area (Å²) in [7, 11) is -3.67. The first kappa shape index (κ1) is 18.6. The lowest BCUT2D eigenvalue weighted by Gasteiger charge is -2.32. The Kier molecular flexibility index (Phi) is 4.89. The summed E-state index contributed by atoms with van der Waals surface area (Å²) in [6.45, 7) is 1.16. The van der Waals surface area contributed by atoms with Crippen molar-refractivity contribution in [3.8, 4) is 11.5 Å². The molecule has 0 N–H and O–H groups in total. The molecule has 2 heterocycles. The molecule has 1 amide bonds. The van der Waals surface area contributed by atoms with Crippen molar-refractivity contribution in [1.82, 2.24) is 0 Å². The van der Waals surface area contributed by atoms with E-state index in [2.05, 4.69) is 0 Å². The summed E-state index contributed by atoms with van der Waals surface area (Å²) >= 11 is 0. The summed E-state index contributed by atoms with van der Waals surface area (Å²) in [5.41, 5.74) is 2.34. The molecule has 0 saturated carbocycles. The van der Waals surface area contributed by atoms with Gasteiger partial charge in [-0.05, 0) is 36.6 Å². The van der Waals surface area contributed by atoms with Gasteiger partial charge in [0.05, 0.1) is 11.9 Å². The molecular weight excluding hydrogens is 380 g/mol. The van der Waals surface area contributed by atoms with Crippen molar-refractivity contribution in [3.05, 3.63) is 48.0 Å². The highest BCUT2D eigenvalue weighted by Gasteiger charge is 2.28. The number of sulfonamides is 1. The van der Waals surface area contributed by atoms with Crippen LogP contribution in [0.2, 0.25) is 0 Å². The Labute approximate surface area is 164 Å². The van der Waals surface area contributed by atoms with Gasteiger partial charge in [0.1, 0.15) is 19.8 Å². The second kappa shape index (κ2) is 7.35. The largest absolute Gasteiger partial charge is 0.486 e. The van der Waals surface area contributed by atoms with Crippen LogP contribution >= 0.6 is 0 Å². The Balaban J connectivity index is 1.63. The number of fused-ring (bicyclic) bond motifs is 2. The van der Waals surface area contributed by atoms with E-state index in [1.165, 1.54) is 0 Å². The predicted molar refractivity (Wildman–Crippen MR) is 107 cm³/mol. The minimum atomic E-state index is -3.67. The SMILES string of the molecule is CS(=O)(=O)N(CC(=O)N1CCCc2ccccc21)c1ccc2c(c1)OCCO2. The molecule has 2 aromatic carbocycles. The Morgan fingerprint density at radius 2 is 1.86 bits per heavy atom. The van der Waals surface area contributed by atoms with Gasteiger partial charge in [-0.3, -0.25) is 9.10 Å². The van der Waals surface area contributed by atoms with Gasteiger partial charge in [-0.15, -0.1) is 0 Å². The molecule has 8 heteroatoms. The highest BCUT2D eigenvalue weighted by molar-refractivity contribution is 7.92. The number of rotatable bonds is 4. The minimum Gasteiger partial charge on any atom is -0.486 e. The molecule has 0 unspecified atom stereocenters. The Hall–Kier alpha value is -2.74. The lowest BCUT2D eigenvalue weighted by Crippen LogP contribution is -2.44. The quantitative estimate of drug-likeness (QED) is 0.784. The van der Waals surface area contributed by atoms with Crippen LogP contribution in [0.1, 0.15) is 12.0 Å². The van der Waals surface area contributed by atoms with Crippen LogP contribution in [0.15, 0.2) is 42.5 Å². The molecule has 28 heavy (non-hydrogen) atoms. The lowest BCUT2D eigenvalue weighted by molar-refractivity contribution is -0.117. The van der Waals surface area contributed by atoms with Crippen LogP contribution in [0.25, 0.3) is 0 Å². The molecule has 0 radical (unpaired) electrons. The van der Waals surface area contributed by atoms with E-state index in [1.807, 2.05) is 24.3 Å². The molecule has 2 aliphatic heterocycles. The van der Waals surface area contributed by atoms with Gasteiger partial charge >= 0.3 is 0 Å². The zero-order valence-corrected chi connectivity index (χ0v) is 16.4. The van der Waals surface area contributed by atoms with Crippen molar-refractivity contribution in [2.45, 2.75) is 12.8 Å². The maximum atomic E-state index is 13.0. The maximum Gasteiger partial charge on any atom is 0.247 e. The molecule has 0 atom stereocenters. The summed E-state index contributed by atoms with van der Waals surface area (Å²) in [5, 5.41) is 0. The maximum absolute atomic E-state index is 13.0. The first-order valence-electron chi connectivity index (χ1n) is 9.19. The molecule has 7 nitrogen and oxygen atoms in total. The second-order valence-electron chi connectivity index (χ2n) is 6.88. The van der Waals surface area contributed by atoms with E-state index < -0.39 is 10.0 Å². The number of hydrogen-bond acceptors (Lipinski definition) is 5. The van der Waals surface area contributed by atoms with Gasteiger partial charge in [0.2, 0.25) is 15.9 Å². The molecule has 0 fully saturated rings. The topological polar surface area (TPSA) is 76.2 Å². The van der Waals surface area contributed by atoms with Crippen molar-refractivity contribution in [1.29, 1.82) is 0 Å². The molecule has 0 bridgehead atoms. The van der Waals surface area contributed by atoms with E-state index in [9.17, 15) is 13.2 Å². The molecule has 2 aliphatic rings. The summed E-state index contributed by atoms with van der Waals surface area (Å²) in [5.74, 6) is 0.792. The number of carbonyl (C=O) groups is 1. The van der Waals surface area contributed by atoms with Crippen LogP contribution in [0.4, 0.5) is 11.4 Å². The summed E-state index contributed by atoms with van der Waals surface area (Å²) in [6, 6.07) is 12.7. The fourth-order valence-corrected chi connectivity index (χ4v) is 4.43. The van der Waals surface area contributed by atoms with Crippen molar-refractivity contribution in [2.24, 2.45) is 0 Å². The zero-order chi connectivity index (χ0) is 19.7. The van der Waals surface area contributed by atoms with Crippen LogP contribution in [0.5, 0.6) is 11.5 Å². The highest BCUT2D eigenvalue weighted by Crippen LogP contribution is 2.35. The minimum absolute atomic E-state index is 0.257. The fourth-order valence-electron chi connectivity index (χ4n) is 3.59. The Morgan fingerprint density at radius 1 is 1.11 bits per heavy atom. The van der Waals surface area contributed by atoms with E-state index in [-0.39, 0.29) is 12.5 Å². The molecule has 148 valence electrons. The number of para-hydroxylation sites is 1. The normalized spacial score (nSPS) is 15.7. The summed E-state index contributed by atoms with van der Waals surface area (Å²) in [4.78, 5) is 14.7. The van der Waals surface area contributed by atoms with E-state index in [0.29, 0.717) is 36.9 Å². The Bertz CT molecular complexity index is 1010. The van der Waals surface area contributed by atoms with E-state index in [1.54, 1.807) is 23.1 Å². The molecule has 2 aromatic rings. The average Bonchev–Trinajstić information content (AvgIpc) is 2.70. The molecule has 0 aromatic heterocycles. The molecule has 4 rings (SSSR count). The van der Waals surface area contributed by atoms with Crippen LogP contribution in [0, 0.1) is 0 Å². The van der Waals surface area contributed by atoms with Gasteiger partial charge in [0.25, 0.3) is 0 Å². The van der Waals surface area contributed by atoms with E-state index in [0.717, 1.165) is 34.7 Å². The lowest BCUT2D eigenvalue weighted by atomic mass is 10.0. The van der Waals surface area contributed by atoms with Crippen LogP contribution < -0.4 is 18.7 Å². The number of benzene rings is 2. The predicted octanol–water partition coefficient (Wildman–Crippen LogP) is 2.20. The number of anilines is 2. The number of aryl methyl sites for hydroxylation is 1. The first-order chi connectivity index (χ1) is 13.4. The van der Waals surface area contributed by atoms with Crippen molar-refractivity contribution in [2.75, 3.05) is 41.8 Å². The average molecular weight is 402 g/mol. The monoisotopic (exact) mass is 402 g/mol. The van der Waals surface area contributed by atoms with Crippen LogP contribution in [-0.4, -0.2) is 46.9 Å².